The van der Waals surface area contributed by atoms with Crippen LogP contribution in [-0.4, -0.2) is 0 Å². The van der Waals surface area contributed by atoms with Gasteiger partial charge in [-0.25, -0.2) is 0 Å². The van der Waals surface area contributed by atoms with Crippen molar-refractivity contribution in [2.45, 2.75) is 18.3 Å². The van der Waals surface area contributed by atoms with Crippen molar-refractivity contribution in [3.63, 3.8) is 0 Å². The molecule has 10 aromatic rings. The zero-order valence-electron chi connectivity index (χ0n) is 33.6. The fraction of sp³-hybridized carbons (Fsp3) is 0.0508. The first-order valence-electron chi connectivity index (χ1n) is 21.3. The molecule has 0 fully saturated rings. The average molecular weight is 780 g/mol. The van der Waals surface area contributed by atoms with E-state index in [0.29, 0.717) is 0 Å². The van der Waals surface area contributed by atoms with Crippen LogP contribution in [0, 0.1) is 0 Å². The highest BCUT2D eigenvalue weighted by atomic mass is 16.3. The first kappa shape index (κ1) is 35.3. The third-order valence-electron chi connectivity index (χ3n) is 13.0. The zero-order chi connectivity index (χ0) is 40.3. The Balaban J connectivity index is 1.16. The molecule has 2 nitrogen and oxygen atoms in total. The van der Waals surface area contributed by atoms with Gasteiger partial charge in [-0.3, -0.25) is 0 Å². The van der Waals surface area contributed by atoms with E-state index in [2.05, 4.69) is 229 Å². The fourth-order valence-corrected chi connectivity index (χ4v) is 10.3. The molecule has 2 heteroatoms. The number of allylic oxidation sites excluding steroid dienone is 4. The maximum atomic E-state index is 6.74. The highest BCUT2D eigenvalue weighted by Gasteiger charge is 2.46. The van der Waals surface area contributed by atoms with Gasteiger partial charge in [0.15, 0.2) is 0 Å². The van der Waals surface area contributed by atoms with Gasteiger partial charge in [0.1, 0.15) is 11.2 Å². The van der Waals surface area contributed by atoms with Crippen LogP contribution in [0.2, 0.25) is 0 Å². The Bertz CT molecular complexity index is 3300. The summed E-state index contributed by atoms with van der Waals surface area (Å²) >= 11 is 0. The molecule has 9 aromatic carbocycles. The normalized spacial score (nSPS) is 13.9. The molecule has 0 radical (unpaired) electrons. The van der Waals surface area contributed by atoms with E-state index in [-0.39, 0.29) is 0 Å². The second-order valence-corrected chi connectivity index (χ2v) is 16.3. The zero-order valence-corrected chi connectivity index (χ0v) is 33.6. The Kier molecular flexibility index (Phi) is 8.24. The van der Waals surface area contributed by atoms with Gasteiger partial charge in [-0.2, -0.15) is 0 Å². The summed E-state index contributed by atoms with van der Waals surface area (Å²) in [5.74, 6) is 0. The summed E-state index contributed by atoms with van der Waals surface area (Å²) in [4.78, 5) is 2.48. The number of hydrogen-bond donors (Lipinski definition) is 0. The Morgan fingerprint density at radius 1 is 0.475 bits per heavy atom. The largest absolute Gasteiger partial charge is 0.456 e. The van der Waals surface area contributed by atoms with Gasteiger partial charge in [0.25, 0.3) is 0 Å². The maximum Gasteiger partial charge on any atom is 0.136 e. The van der Waals surface area contributed by atoms with E-state index in [0.717, 1.165) is 63.0 Å². The molecular formula is C59H41NO. The maximum absolute atomic E-state index is 6.74. The lowest BCUT2D eigenvalue weighted by atomic mass is 9.67. The molecule has 288 valence electrons. The number of rotatable bonds is 7. The number of hydrogen-bond acceptors (Lipinski definition) is 2. The van der Waals surface area contributed by atoms with Crippen LogP contribution in [0.25, 0.3) is 60.5 Å². The average Bonchev–Trinajstić information content (AvgIpc) is 3.85. The number of furan rings is 1. The van der Waals surface area contributed by atoms with Gasteiger partial charge >= 0.3 is 0 Å². The third-order valence-corrected chi connectivity index (χ3v) is 13.0. The molecule has 1 heterocycles. The van der Waals surface area contributed by atoms with Crippen molar-refractivity contribution in [1.82, 2.24) is 0 Å². The van der Waals surface area contributed by atoms with Gasteiger partial charge in [0, 0.05) is 27.7 Å². The summed E-state index contributed by atoms with van der Waals surface area (Å²) in [6.07, 6.45) is 8.81. The predicted octanol–water partition coefficient (Wildman–Crippen LogP) is 16.0. The first-order valence-corrected chi connectivity index (χ1v) is 21.3. The standard InChI is InChI=1S/C59H41NO/c1-5-17-40(18-6-1)41-29-31-47(32-30-41)60(54-35-36-55-58(57(54)42-19-7-2-8-20-42)51-37-43-21-13-14-22-44(43)38-56(51)61-55)48-33-34-50-49-27-15-16-28-52(49)59(53(50)39-48,45-23-9-3-10-24-45)46-25-11-4-12-26-46/h1-5,7-17,19-39H,6,18H2. The second-order valence-electron chi connectivity index (χ2n) is 16.3. The minimum absolute atomic E-state index is 0.533. The minimum atomic E-state index is -0.533. The molecule has 0 N–H and O–H groups in total. The molecule has 0 atom stereocenters. The number of benzene rings is 9. The molecule has 0 saturated heterocycles. The van der Waals surface area contributed by atoms with Gasteiger partial charge in [-0.05, 0) is 122 Å². The van der Waals surface area contributed by atoms with Crippen LogP contribution in [0.5, 0.6) is 0 Å². The van der Waals surface area contributed by atoms with Crippen molar-refractivity contribution in [2.24, 2.45) is 0 Å². The van der Waals surface area contributed by atoms with Crippen LogP contribution in [0.4, 0.5) is 17.1 Å². The molecule has 12 rings (SSSR count). The summed E-state index contributed by atoms with van der Waals surface area (Å²) in [5.41, 5.74) is 17.0. The van der Waals surface area contributed by atoms with Crippen molar-refractivity contribution < 1.29 is 4.42 Å². The van der Waals surface area contributed by atoms with Crippen molar-refractivity contribution in [3.05, 3.63) is 252 Å². The van der Waals surface area contributed by atoms with E-state index in [4.69, 9.17) is 4.42 Å². The van der Waals surface area contributed by atoms with Gasteiger partial charge in [0.05, 0.1) is 11.1 Å². The number of nitrogens with zero attached hydrogens (tertiary/aromatic N) is 1. The van der Waals surface area contributed by atoms with E-state index < -0.39 is 5.41 Å². The first-order chi connectivity index (χ1) is 30.3. The van der Waals surface area contributed by atoms with Gasteiger partial charge in [-0.1, -0.05) is 176 Å². The Labute approximate surface area is 356 Å². The summed E-state index contributed by atoms with van der Waals surface area (Å²) in [6.45, 7) is 0. The Hall–Kier alpha value is -7.68. The van der Waals surface area contributed by atoms with Crippen LogP contribution in [-0.2, 0) is 5.41 Å². The fourth-order valence-electron chi connectivity index (χ4n) is 10.3. The minimum Gasteiger partial charge on any atom is -0.456 e. The molecule has 2 aliphatic carbocycles. The van der Waals surface area contributed by atoms with Gasteiger partial charge in [0.2, 0.25) is 0 Å². The summed E-state index contributed by atoms with van der Waals surface area (Å²) in [5, 5.41) is 4.58. The summed E-state index contributed by atoms with van der Waals surface area (Å²) in [6, 6.07) is 75.8. The SMILES string of the molecule is C1=CCCC(c2ccc(N(c3ccc4c(c3)C(c3ccccc3)(c3ccccc3)c3ccccc3-4)c3ccc4oc5cc6ccccc6cc5c4c3-c3ccccc3)cc2)=C1. The van der Waals surface area contributed by atoms with E-state index in [9.17, 15) is 0 Å². The second kappa shape index (κ2) is 14.3. The lowest BCUT2D eigenvalue weighted by Gasteiger charge is -2.35. The molecule has 0 unspecified atom stereocenters. The highest BCUT2D eigenvalue weighted by molar-refractivity contribution is 6.18. The van der Waals surface area contributed by atoms with E-state index in [1.165, 1.54) is 55.3 Å². The number of fused-ring (bicyclic) bond motifs is 7. The van der Waals surface area contributed by atoms with Gasteiger partial charge in [-0.15, -0.1) is 0 Å². The molecule has 2 aliphatic rings. The van der Waals surface area contributed by atoms with Crippen molar-refractivity contribution >= 4 is 55.3 Å². The highest BCUT2D eigenvalue weighted by Crippen LogP contribution is 2.58. The smallest absolute Gasteiger partial charge is 0.136 e. The van der Waals surface area contributed by atoms with Crippen LogP contribution in [0.1, 0.15) is 40.7 Å². The van der Waals surface area contributed by atoms with Crippen LogP contribution >= 0.6 is 0 Å². The van der Waals surface area contributed by atoms with E-state index >= 15 is 0 Å². The molecule has 0 amide bonds. The lowest BCUT2D eigenvalue weighted by molar-refractivity contribution is 0.669. The summed E-state index contributed by atoms with van der Waals surface area (Å²) in [7, 11) is 0. The van der Waals surface area contributed by atoms with Crippen molar-refractivity contribution in [2.75, 3.05) is 4.90 Å². The molecule has 0 saturated carbocycles. The molecule has 0 bridgehead atoms. The molecule has 61 heavy (non-hydrogen) atoms. The van der Waals surface area contributed by atoms with Crippen LogP contribution in [0.15, 0.2) is 229 Å². The Morgan fingerprint density at radius 2 is 1.11 bits per heavy atom. The van der Waals surface area contributed by atoms with Crippen LogP contribution < -0.4 is 4.90 Å². The quantitative estimate of drug-likeness (QED) is 0.160. The Morgan fingerprint density at radius 3 is 1.84 bits per heavy atom. The molecule has 1 aromatic heterocycles. The summed E-state index contributed by atoms with van der Waals surface area (Å²) < 4.78 is 6.74. The third kappa shape index (κ3) is 5.56. The molecule has 0 aliphatic heterocycles. The van der Waals surface area contributed by atoms with Gasteiger partial charge < -0.3 is 9.32 Å². The van der Waals surface area contributed by atoms with Crippen molar-refractivity contribution in [1.29, 1.82) is 0 Å². The topological polar surface area (TPSA) is 16.4 Å². The lowest BCUT2D eigenvalue weighted by Crippen LogP contribution is -2.28. The van der Waals surface area contributed by atoms with Crippen molar-refractivity contribution in [3.8, 4) is 22.3 Å². The van der Waals surface area contributed by atoms with E-state index in [1.54, 1.807) is 0 Å². The number of anilines is 3. The molecular weight excluding hydrogens is 739 g/mol. The predicted molar refractivity (Wildman–Crippen MR) is 255 cm³/mol. The monoisotopic (exact) mass is 779 g/mol. The van der Waals surface area contributed by atoms with Crippen LogP contribution in [0.3, 0.4) is 0 Å². The van der Waals surface area contributed by atoms with E-state index in [1.807, 2.05) is 0 Å². The molecule has 0 spiro atoms.